The van der Waals surface area contributed by atoms with Gasteiger partial charge in [0, 0.05) is 11.1 Å². The zero-order valence-electron chi connectivity index (χ0n) is 14.6. The van der Waals surface area contributed by atoms with E-state index in [0.717, 1.165) is 16.6 Å². The number of phenolic OH excluding ortho intramolecular Hbond substituents is 1. The molecule has 0 fully saturated rings. The number of hydrazone groups is 1. The SMILES string of the molecule is CCOc1ccc(/C=N/NC(=O)c2cc(C)nc3ccccc23)cc1O. The molecule has 6 nitrogen and oxygen atoms in total. The molecule has 1 heterocycles. The Bertz CT molecular complexity index is 983. The standard InChI is InChI=1S/C20H19N3O3/c1-3-26-19-9-8-14(11-18(19)24)12-21-23-20(25)16-10-13(2)22-17-7-5-4-6-15(16)17/h4-12,24H,3H2,1-2H3,(H,23,25)/b21-12+. The van der Waals surface area contributed by atoms with Crippen LogP contribution in [-0.4, -0.2) is 28.8 Å². The maximum absolute atomic E-state index is 12.5. The van der Waals surface area contributed by atoms with E-state index >= 15 is 0 Å². The van der Waals surface area contributed by atoms with Gasteiger partial charge in [0.05, 0.1) is 23.9 Å². The first-order chi connectivity index (χ1) is 12.6. The minimum Gasteiger partial charge on any atom is -0.504 e. The number of aromatic nitrogens is 1. The maximum Gasteiger partial charge on any atom is 0.272 e. The summed E-state index contributed by atoms with van der Waals surface area (Å²) in [6, 6.07) is 14.1. The molecule has 0 aliphatic carbocycles. The van der Waals surface area contributed by atoms with Crippen molar-refractivity contribution in [2.75, 3.05) is 6.61 Å². The van der Waals surface area contributed by atoms with Crippen molar-refractivity contribution in [2.45, 2.75) is 13.8 Å². The second-order valence-corrected chi connectivity index (χ2v) is 5.69. The number of aromatic hydroxyl groups is 1. The lowest BCUT2D eigenvalue weighted by atomic mass is 10.1. The number of para-hydroxylation sites is 1. The number of fused-ring (bicyclic) bond motifs is 1. The lowest BCUT2D eigenvalue weighted by molar-refractivity contribution is 0.0956. The molecule has 0 atom stereocenters. The number of hydrogen-bond donors (Lipinski definition) is 2. The number of ether oxygens (including phenoxy) is 1. The quantitative estimate of drug-likeness (QED) is 0.546. The molecule has 3 rings (SSSR count). The van der Waals surface area contributed by atoms with Gasteiger partial charge in [-0.2, -0.15) is 5.10 Å². The Labute approximate surface area is 151 Å². The van der Waals surface area contributed by atoms with Gasteiger partial charge in [0.25, 0.3) is 5.91 Å². The van der Waals surface area contributed by atoms with Crippen LogP contribution < -0.4 is 10.2 Å². The lowest BCUT2D eigenvalue weighted by Crippen LogP contribution is -2.18. The fourth-order valence-corrected chi connectivity index (χ4v) is 2.61. The fourth-order valence-electron chi connectivity index (χ4n) is 2.61. The first kappa shape index (κ1) is 17.4. The Hall–Kier alpha value is -3.41. The van der Waals surface area contributed by atoms with Crippen LogP contribution in [0, 0.1) is 6.92 Å². The van der Waals surface area contributed by atoms with E-state index in [1.807, 2.05) is 38.1 Å². The van der Waals surface area contributed by atoms with Crippen molar-refractivity contribution >= 4 is 23.0 Å². The molecule has 0 saturated heterocycles. The third-order valence-electron chi connectivity index (χ3n) is 3.75. The largest absolute Gasteiger partial charge is 0.504 e. The normalized spacial score (nSPS) is 11.0. The van der Waals surface area contributed by atoms with Gasteiger partial charge in [0.15, 0.2) is 11.5 Å². The molecule has 1 aromatic heterocycles. The monoisotopic (exact) mass is 349 g/mol. The van der Waals surface area contributed by atoms with Gasteiger partial charge in [-0.3, -0.25) is 9.78 Å². The summed E-state index contributed by atoms with van der Waals surface area (Å²) in [5, 5.41) is 14.6. The smallest absolute Gasteiger partial charge is 0.272 e. The summed E-state index contributed by atoms with van der Waals surface area (Å²) in [5.41, 5.74) is 5.19. The summed E-state index contributed by atoms with van der Waals surface area (Å²) in [5.74, 6) is 0.114. The number of carbonyl (C=O) groups excluding carboxylic acids is 1. The van der Waals surface area contributed by atoms with Crippen molar-refractivity contribution in [3.63, 3.8) is 0 Å². The van der Waals surface area contributed by atoms with Crippen LogP contribution in [0.1, 0.15) is 28.5 Å². The van der Waals surface area contributed by atoms with E-state index in [1.54, 1.807) is 18.2 Å². The van der Waals surface area contributed by atoms with Crippen LogP contribution in [0.2, 0.25) is 0 Å². The summed E-state index contributed by atoms with van der Waals surface area (Å²) in [6.45, 7) is 4.15. The third-order valence-corrected chi connectivity index (χ3v) is 3.75. The molecule has 0 aliphatic heterocycles. The van der Waals surface area contributed by atoms with Crippen LogP contribution >= 0.6 is 0 Å². The van der Waals surface area contributed by atoms with Gasteiger partial charge in [-0.05, 0) is 49.7 Å². The van der Waals surface area contributed by atoms with Crippen molar-refractivity contribution in [1.82, 2.24) is 10.4 Å². The molecule has 132 valence electrons. The molecular formula is C20H19N3O3. The number of nitrogens with zero attached hydrogens (tertiary/aromatic N) is 2. The molecule has 3 aromatic rings. The van der Waals surface area contributed by atoms with Crippen LogP contribution in [0.15, 0.2) is 53.6 Å². The summed E-state index contributed by atoms with van der Waals surface area (Å²) in [6.07, 6.45) is 1.46. The second-order valence-electron chi connectivity index (χ2n) is 5.69. The Kier molecular flexibility index (Phi) is 5.12. The van der Waals surface area contributed by atoms with Crippen LogP contribution in [-0.2, 0) is 0 Å². The number of nitrogens with one attached hydrogen (secondary N) is 1. The second kappa shape index (κ2) is 7.65. The summed E-state index contributed by atoms with van der Waals surface area (Å²) >= 11 is 0. The lowest BCUT2D eigenvalue weighted by Gasteiger charge is -2.07. The molecule has 0 unspecified atom stereocenters. The van der Waals surface area contributed by atoms with Gasteiger partial charge in [0.2, 0.25) is 0 Å². The van der Waals surface area contributed by atoms with Crippen LogP contribution in [0.3, 0.4) is 0 Å². The van der Waals surface area contributed by atoms with Gasteiger partial charge in [0.1, 0.15) is 0 Å². The Morgan fingerprint density at radius 1 is 1.27 bits per heavy atom. The number of pyridine rings is 1. The van der Waals surface area contributed by atoms with Crippen LogP contribution in [0.4, 0.5) is 0 Å². The fraction of sp³-hybridized carbons (Fsp3) is 0.150. The van der Waals surface area contributed by atoms with Crippen LogP contribution in [0.25, 0.3) is 10.9 Å². The molecular weight excluding hydrogens is 330 g/mol. The summed E-state index contributed by atoms with van der Waals surface area (Å²) in [4.78, 5) is 16.9. The minimum atomic E-state index is -0.321. The van der Waals surface area contributed by atoms with Crippen molar-refractivity contribution in [1.29, 1.82) is 0 Å². The highest BCUT2D eigenvalue weighted by Gasteiger charge is 2.11. The van der Waals surface area contributed by atoms with Crippen molar-refractivity contribution in [2.24, 2.45) is 5.10 Å². The number of aryl methyl sites for hydroxylation is 1. The highest BCUT2D eigenvalue weighted by atomic mass is 16.5. The first-order valence-electron chi connectivity index (χ1n) is 8.24. The molecule has 26 heavy (non-hydrogen) atoms. The summed E-state index contributed by atoms with van der Waals surface area (Å²) in [7, 11) is 0. The predicted molar refractivity (Wildman–Crippen MR) is 101 cm³/mol. The van der Waals surface area contributed by atoms with Crippen molar-refractivity contribution in [3.05, 3.63) is 65.4 Å². The average Bonchev–Trinajstić information content (AvgIpc) is 2.63. The van der Waals surface area contributed by atoms with Gasteiger partial charge < -0.3 is 9.84 Å². The van der Waals surface area contributed by atoms with Crippen LogP contribution in [0.5, 0.6) is 11.5 Å². The Balaban J connectivity index is 1.77. The molecule has 6 heteroatoms. The van der Waals surface area contributed by atoms with E-state index in [4.69, 9.17) is 4.74 Å². The molecule has 2 aromatic carbocycles. The minimum absolute atomic E-state index is 0.0258. The van der Waals surface area contributed by atoms with Gasteiger partial charge in [-0.15, -0.1) is 0 Å². The number of rotatable bonds is 5. The van der Waals surface area contributed by atoms with E-state index in [-0.39, 0.29) is 11.7 Å². The molecule has 2 N–H and O–H groups in total. The highest BCUT2D eigenvalue weighted by Crippen LogP contribution is 2.26. The number of amides is 1. The molecule has 1 amide bonds. The predicted octanol–water partition coefficient (Wildman–Crippen LogP) is 3.41. The first-order valence-corrected chi connectivity index (χ1v) is 8.24. The highest BCUT2D eigenvalue weighted by molar-refractivity contribution is 6.06. The zero-order valence-corrected chi connectivity index (χ0v) is 14.6. The zero-order chi connectivity index (χ0) is 18.5. The Morgan fingerprint density at radius 3 is 2.85 bits per heavy atom. The molecule has 0 saturated carbocycles. The average molecular weight is 349 g/mol. The number of phenols is 1. The number of carbonyl (C=O) groups is 1. The molecule has 0 bridgehead atoms. The third kappa shape index (κ3) is 3.80. The van der Waals surface area contributed by atoms with E-state index in [9.17, 15) is 9.90 Å². The van der Waals surface area contributed by atoms with E-state index < -0.39 is 0 Å². The number of benzene rings is 2. The maximum atomic E-state index is 12.5. The van der Waals surface area contributed by atoms with Crippen molar-refractivity contribution in [3.8, 4) is 11.5 Å². The van der Waals surface area contributed by atoms with E-state index in [0.29, 0.717) is 23.5 Å². The van der Waals surface area contributed by atoms with E-state index in [2.05, 4.69) is 15.5 Å². The number of hydrogen-bond acceptors (Lipinski definition) is 5. The molecule has 0 aliphatic rings. The van der Waals surface area contributed by atoms with Gasteiger partial charge in [-0.1, -0.05) is 18.2 Å². The molecule has 0 radical (unpaired) electrons. The Morgan fingerprint density at radius 2 is 2.08 bits per heavy atom. The van der Waals surface area contributed by atoms with Gasteiger partial charge >= 0.3 is 0 Å². The van der Waals surface area contributed by atoms with E-state index in [1.165, 1.54) is 12.3 Å². The van der Waals surface area contributed by atoms with Crippen molar-refractivity contribution < 1.29 is 14.6 Å². The summed E-state index contributed by atoms with van der Waals surface area (Å²) < 4.78 is 5.27. The molecule has 0 spiro atoms. The van der Waals surface area contributed by atoms with Gasteiger partial charge in [-0.25, -0.2) is 5.43 Å². The topological polar surface area (TPSA) is 83.8 Å².